The highest BCUT2D eigenvalue weighted by Crippen LogP contribution is 2.38. The Labute approximate surface area is 485 Å². The third-order valence-corrected chi connectivity index (χ3v) is 15.3. The van der Waals surface area contributed by atoms with Crippen LogP contribution in [-0.2, 0) is 85.7 Å². The molecule has 4 aliphatic heterocycles. The number of cyclic esters (lactones) is 1. The highest BCUT2D eigenvalue weighted by Gasteiger charge is 2.53. The lowest BCUT2D eigenvalue weighted by Crippen LogP contribution is -2.65. The fourth-order valence-electron chi connectivity index (χ4n) is 10.9. The number of carbonyl (C=O) groups excluding carboxylic acids is 5. The van der Waals surface area contributed by atoms with Crippen molar-refractivity contribution >= 4 is 41.9 Å². The number of aliphatic carboxylic acids is 2. The number of aldehydes is 1. The lowest BCUT2D eigenvalue weighted by molar-refractivity contribution is -0.342. The number of hydrogen-bond acceptors (Lipinski definition) is 24. The summed E-state index contributed by atoms with van der Waals surface area (Å²) in [5, 5.41) is 67.9. The summed E-state index contributed by atoms with van der Waals surface area (Å²) < 4.78 is 67.2. The summed E-state index contributed by atoms with van der Waals surface area (Å²) in [6.45, 7) is 18.8. The van der Waals surface area contributed by atoms with Crippen LogP contribution in [0.1, 0.15) is 115 Å². The zero-order valence-corrected chi connectivity index (χ0v) is 50.5. The van der Waals surface area contributed by atoms with Gasteiger partial charge >= 0.3 is 29.8 Å². The van der Waals surface area contributed by atoms with Gasteiger partial charge in [-0.1, -0.05) is 52.3 Å². The fraction of sp³-hybridized carbons (Fsp3) is 0.807. The Bertz CT molecular complexity index is 2150. The summed E-state index contributed by atoms with van der Waals surface area (Å²) >= 11 is 0. The molecule has 0 unspecified atom stereocenters. The number of rotatable bonds is 20. The van der Waals surface area contributed by atoms with E-state index >= 15 is 0 Å². The number of methoxy groups -OCH3 is 2. The van der Waals surface area contributed by atoms with Gasteiger partial charge in [-0.15, -0.1) is 0 Å². The van der Waals surface area contributed by atoms with Crippen LogP contribution in [0.4, 0.5) is 0 Å². The Morgan fingerprint density at radius 2 is 1.42 bits per heavy atom. The highest BCUT2D eigenvalue weighted by molar-refractivity contribution is 5.91. The van der Waals surface area contributed by atoms with Gasteiger partial charge in [0.05, 0.1) is 49.6 Å². The Balaban J connectivity index is 0.00000164. The molecule has 0 radical (unpaired) electrons. The van der Waals surface area contributed by atoms with Crippen LogP contribution in [0, 0.1) is 29.6 Å². The minimum Gasteiger partial charge on any atom is -0.479 e. The first-order chi connectivity index (χ1) is 38.7. The second-order valence-corrected chi connectivity index (χ2v) is 23.0. The number of hydrogen-bond donors (Lipinski definition) is 7. The molecule has 0 bridgehead atoms. The molecule has 0 amide bonds. The van der Waals surface area contributed by atoms with Gasteiger partial charge in [0.2, 0.25) is 0 Å². The number of aliphatic hydroxyl groups is 5. The van der Waals surface area contributed by atoms with E-state index in [1.54, 1.807) is 66.6 Å². The van der Waals surface area contributed by atoms with E-state index < -0.39 is 176 Å². The van der Waals surface area contributed by atoms with E-state index in [1.807, 2.05) is 26.8 Å². The van der Waals surface area contributed by atoms with Crippen molar-refractivity contribution in [2.75, 3.05) is 34.9 Å². The summed E-state index contributed by atoms with van der Waals surface area (Å²) in [5.74, 6) is -8.17. The van der Waals surface area contributed by atoms with Crippen molar-refractivity contribution in [3.63, 3.8) is 0 Å². The van der Waals surface area contributed by atoms with Crippen LogP contribution in [0.3, 0.4) is 0 Å². The van der Waals surface area contributed by atoms with E-state index in [1.165, 1.54) is 34.1 Å². The average molecular weight is 1190 g/mol. The van der Waals surface area contributed by atoms with Gasteiger partial charge in [-0.2, -0.15) is 0 Å². The number of likely N-dealkylation sites (N-methyl/N-ethyl adjacent to an activating group) is 1. The number of esters is 3. The molecule has 26 heteroatoms. The first kappa shape index (κ1) is 72.9. The number of allylic oxidation sites excluding steroid dienone is 3. The molecule has 0 saturated carbocycles. The standard InChI is InChI=1S/C53H87NO19.C4H6O6/c1-16-39-36(26-65-52-49(64-15)48(63-14)47(32(8)68-52)71-40(59)21-27(2)3)22-28(4)17-18-37(57)29(5)23-35(19-20-55)45(30(6)38(58)24-41(60)70-39)73-51-44(61)43(54(12)13)46(31(7)67-51)72-42-25-53(11,62)50(33(9)66-42)69-34(10)56;5-1(3(7)8)2(6)4(9)10/h17-18,20,22,27,29-33,35-36,38-39,42-52,58,61-62H,16,19,21,23-26H2,1-15H3;1-2,5-6H,(H,7,8)(H,9,10)/b18-17-,28-22-;/t29-,30+,31-,32-,33+,35+,36-,38-,39-,42+,43-,44-,45-,46-,47-,48-,49-,50+,51-,52-,53-;1-,2-/m11/s1. The van der Waals surface area contributed by atoms with Gasteiger partial charge in [0.15, 0.2) is 49.1 Å². The molecule has 0 aromatic rings. The molecular weight excluding hydrogens is 1100 g/mol. The normalized spacial score (nSPS) is 38.5. The number of ether oxygens (including phenoxy) is 11. The van der Waals surface area contributed by atoms with E-state index in [0.29, 0.717) is 18.3 Å². The molecule has 0 aromatic carbocycles. The lowest BCUT2D eigenvalue weighted by atomic mass is 9.79. The Morgan fingerprint density at radius 1 is 0.831 bits per heavy atom. The Kier molecular flexibility index (Phi) is 29.4. The van der Waals surface area contributed by atoms with Crippen LogP contribution < -0.4 is 0 Å². The molecule has 0 spiro atoms. The van der Waals surface area contributed by atoms with E-state index in [0.717, 1.165) is 0 Å². The summed E-state index contributed by atoms with van der Waals surface area (Å²) in [6, 6.07) is -0.786. The first-order valence-corrected chi connectivity index (χ1v) is 28.1. The largest absolute Gasteiger partial charge is 0.479 e. The molecule has 4 rings (SSSR count). The lowest BCUT2D eigenvalue weighted by Gasteiger charge is -2.50. The second kappa shape index (κ2) is 33.5. The minimum absolute atomic E-state index is 0.0405. The Hall–Kier alpha value is -4.39. The Morgan fingerprint density at radius 3 is 1.94 bits per heavy atom. The van der Waals surface area contributed by atoms with Crippen LogP contribution in [-0.4, -0.2) is 233 Å². The molecule has 23 atom stereocenters. The average Bonchev–Trinajstić information content (AvgIpc) is 3.27. The third kappa shape index (κ3) is 20.9. The molecule has 3 saturated heterocycles. The molecule has 3 fully saturated rings. The van der Waals surface area contributed by atoms with Crippen molar-refractivity contribution in [2.45, 2.75) is 231 Å². The zero-order valence-electron chi connectivity index (χ0n) is 50.5. The molecule has 7 N–H and O–H groups in total. The maximum Gasteiger partial charge on any atom is 0.335 e. The van der Waals surface area contributed by atoms with E-state index in [-0.39, 0.29) is 44.0 Å². The summed E-state index contributed by atoms with van der Waals surface area (Å²) in [5.41, 5.74) is -0.840. The molecule has 4 heterocycles. The van der Waals surface area contributed by atoms with Crippen LogP contribution in [0.5, 0.6) is 0 Å². The predicted molar refractivity (Wildman–Crippen MR) is 290 cm³/mol. The number of carbonyl (C=O) groups is 7. The number of aliphatic hydroxyl groups excluding tert-OH is 4. The van der Waals surface area contributed by atoms with Gasteiger partial charge in [-0.25, -0.2) is 9.59 Å². The van der Waals surface area contributed by atoms with E-state index in [2.05, 4.69) is 0 Å². The van der Waals surface area contributed by atoms with Crippen molar-refractivity contribution in [3.05, 3.63) is 23.8 Å². The quantitative estimate of drug-likeness (QED) is 0.0520. The van der Waals surface area contributed by atoms with Crippen molar-refractivity contribution in [1.29, 1.82) is 0 Å². The monoisotopic (exact) mass is 1190 g/mol. The molecule has 0 aliphatic carbocycles. The number of nitrogens with zero attached hydrogens (tertiary/aromatic N) is 1. The van der Waals surface area contributed by atoms with Gasteiger partial charge in [0.25, 0.3) is 0 Å². The van der Waals surface area contributed by atoms with Crippen molar-refractivity contribution in [1.82, 2.24) is 4.90 Å². The van der Waals surface area contributed by atoms with Gasteiger partial charge in [0, 0.05) is 58.2 Å². The molecule has 26 nitrogen and oxygen atoms in total. The number of carboxylic acid groups (broad SMARTS) is 2. The zero-order chi connectivity index (χ0) is 63.0. The van der Waals surface area contributed by atoms with Gasteiger partial charge < -0.3 is 97.5 Å². The van der Waals surface area contributed by atoms with Crippen LogP contribution in [0.15, 0.2) is 23.8 Å². The predicted octanol–water partition coefficient (Wildman–Crippen LogP) is 1.88. The summed E-state index contributed by atoms with van der Waals surface area (Å²) in [7, 11) is 6.45. The minimum atomic E-state index is -2.27. The van der Waals surface area contributed by atoms with Crippen LogP contribution in [0.2, 0.25) is 0 Å². The summed E-state index contributed by atoms with van der Waals surface area (Å²) in [6.07, 6.45) is -13.0. The fourth-order valence-corrected chi connectivity index (χ4v) is 10.9. The summed E-state index contributed by atoms with van der Waals surface area (Å²) in [4.78, 5) is 86.0. The third-order valence-electron chi connectivity index (χ3n) is 15.3. The smallest absolute Gasteiger partial charge is 0.335 e. The molecule has 476 valence electrons. The molecular formula is C57H93NO25. The molecule has 0 aromatic heterocycles. The number of ketones is 1. The molecule has 4 aliphatic rings. The SMILES string of the molecule is CC[C@H]1OC(=O)C[C@@H](O)[C@H](C)[C@@H](O[C@H]2O[C@H](C)[C@@H](O[C@H]3C[C@@](C)(O)[C@@H](OC(C)=O)[C@H](C)O3)[C@H](N(C)C)[C@H]2O)[C@@H](CC=O)C[C@@H](C)C(=O)/C=C\C(C)=C/[C@@H]1CO[C@@H]1O[C@H](C)[C@@H](OC(=O)CC(C)C)[C@@H](OC)[C@H]1OC.O=C(O)[C@H](O)[C@@H](O)C(=O)O. The number of carboxylic acids is 2. The molecule has 83 heavy (non-hydrogen) atoms. The van der Waals surface area contributed by atoms with Gasteiger partial charge in [0.1, 0.15) is 42.4 Å². The van der Waals surface area contributed by atoms with Gasteiger partial charge in [-0.3, -0.25) is 19.2 Å². The van der Waals surface area contributed by atoms with Crippen molar-refractivity contribution in [3.8, 4) is 0 Å². The highest BCUT2D eigenvalue weighted by atomic mass is 16.7. The van der Waals surface area contributed by atoms with E-state index in [4.69, 9.17) is 72.5 Å². The van der Waals surface area contributed by atoms with E-state index in [9.17, 15) is 48.9 Å². The topological polar surface area (TPSA) is 366 Å². The maximum atomic E-state index is 14.0. The maximum absolute atomic E-state index is 14.0. The van der Waals surface area contributed by atoms with Crippen LogP contribution >= 0.6 is 0 Å². The van der Waals surface area contributed by atoms with Gasteiger partial charge in [-0.05, 0) is 79.5 Å². The van der Waals surface area contributed by atoms with Crippen molar-refractivity contribution in [2.24, 2.45) is 29.6 Å². The van der Waals surface area contributed by atoms with Crippen LogP contribution in [0.25, 0.3) is 0 Å². The second-order valence-electron chi connectivity index (χ2n) is 23.0. The van der Waals surface area contributed by atoms with Crippen molar-refractivity contribution < 1.29 is 121 Å². The first-order valence-electron chi connectivity index (χ1n) is 28.1.